The van der Waals surface area contributed by atoms with Gasteiger partial charge in [0.15, 0.2) is 4.90 Å². The van der Waals surface area contributed by atoms with E-state index >= 15 is 0 Å². The molecule has 0 radical (unpaired) electrons. The van der Waals surface area contributed by atoms with Gasteiger partial charge in [0.25, 0.3) is 46.1 Å². The molecule has 36 heavy (non-hydrogen) atoms. The van der Waals surface area contributed by atoms with Crippen LogP contribution >= 0.6 is 0 Å². The Balaban J connectivity index is 2.48. The Bertz CT molecular complexity index is 1880. The second kappa shape index (κ2) is 8.73. The smallest absolute Gasteiger partial charge is 0.282 e. The van der Waals surface area contributed by atoms with Gasteiger partial charge in [-0.2, -0.15) is 25.3 Å². The molecule has 3 aromatic carbocycles. The summed E-state index contributed by atoms with van der Waals surface area (Å²) in [6.07, 6.45) is 0. The summed E-state index contributed by atoms with van der Waals surface area (Å²) in [7, 11) is -20.8. The number of nitro groups is 1. The predicted octanol–water partition coefficient (Wildman–Crippen LogP) is 1.60. The first-order chi connectivity index (χ1) is 16.2. The highest BCUT2D eigenvalue weighted by atomic mass is 32.2. The minimum atomic E-state index is -5.44. The fourth-order valence-electron chi connectivity index (χ4n) is 3.25. The van der Waals surface area contributed by atoms with Crippen molar-refractivity contribution in [2.75, 3.05) is 4.72 Å². The number of nitro benzene ring substituents is 1. The molecule has 0 aliphatic heterocycles. The molecule has 3 aromatic rings. The largest absolute Gasteiger partial charge is 0.295 e. The number of hydrogen-bond donors (Lipinski definition) is 4. The Hall–Kier alpha value is -3.20. The van der Waals surface area contributed by atoms with Crippen LogP contribution in [0.25, 0.3) is 10.8 Å². The molecule has 0 spiro atoms. The summed E-state index contributed by atoms with van der Waals surface area (Å²) in [6, 6.07) is 4.90. The Morgan fingerprint density at radius 3 is 1.81 bits per heavy atom. The molecular formula is C17H14N2O13S4. The molecule has 0 saturated carbocycles. The molecule has 0 aromatic heterocycles. The fourth-order valence-corrected chi connectivity index (χ4v) is 6.52. The van der Waals surface area contributed by atoms with Crippen molar-refractivity contribution < 1.29 is 52.3 Å². The number of nitrogens with one attached hydrogen (secondary N) is 1. The van der Waals surface area contributed by atoms with Crippen LogP contribution in [-0.4, -0.2) is 52.3 Å². The van der Waals surface area contributed by atoms with Crippen molar-refractivity contribution in [1.29, 1.82) is 0 Å². The van der Waals surface area contributed by atoms with E-state index in [1.54, 1.807) is 0 Å². The minimum Gasteiger partial charge on any atom is -0.282 e. The Morgan fingerprint density at radius 1 is 0.750 bits per heavy atom. The Kier molecular flexibility index (Phi) is 6.64. The van der Waals surface area contributed by atoms with Crippen molar-refractivity contribution in [2.45, 2.75) is 26.5 Å². The van der Waals surface area contributed by atoms with Crippen LogP contribution < -0.4 is 4.72 Å². The van der Waals surface area contributed by atoms with E-state index in [0.29, 0.717) is 23.8 Å². The molecule has 0 aliphatic rings. The van der Waals surface area contributed by atoms with Crippen LogP contribution in [0.4, 0.5) is 11.4 Å². The average molecular weight is 583 g/mol. The molecule has 15 nitrogen and oxygen atoms in total. The average Bonchev–Trinajstić information content (AvgIpc) is 2.70. The van der Waals surface area contributed by atoms with Crippen LogP contribution in [0.2, 0.25) is 0 Å². The number of fused-ring (bicyclic) bond motifs is 1. The highest BCUT2D eigenvalue weighted by Gasteiger charge is 2.30. The van der Waals surface area contributed by atoms with Crippen LogP contribution in [0.1, 0.15) is 5.56 Å². The van der Waals surface area contributed by atoms with Gasteiger partial charge in [-0.15, -0.1) is 0 Å². The zero-order chi connectivity index (χ0) is 27.4. The van der Waals surface area contributed by atoms with Crippen molar-refractivity contribution in [3.05, 3.63) is 58.1 Å². The highest BCUT2D eigenvalue weighted by molar-refractivity contribution is 7.93. The maximum atomic E-state index is 13.0. The first-order valence-corrected chi connectivity index (χ1v) is 14.8. The summed E-state index contributed by atoms with van der Waals surface area (Å²) in [5.74, 6) is 0. The van der Waals surface area contributed by atoms with Gasteiger partial charge in [-0.05, 0) is 42.8 Å². The summed E-state index contributed by atoms with van der Waals surface area (Å²) in [6.45, 7) is 1.45. The summed E-state index contributed by atoms with van der Waals surface area (Å²) in [4.78, 5) is 5.82. The number of hydrogen-bond acceptors (Lipinski definition) is 10. The second-order valence-corrected chi connectivity index (χ2v) is 13.1. The molecule has 0 saturated heterocycles. The molecule has 0 amide bonds. The van der Waals surface area contributed by atoms with E-state index in [1.807, 2.05) is 4.72 Å². The van der Waals surface area contributed by atoms with Gasteiger partial charge in [-0.3, -0.25) is 28.5 Å². The lowest BCUT2D eigenvalue weighted by Crippen LogP contribution is -2.16. The maximum Gasteiger partial charge on any atom is 0.295 e. The molecule has 0 unspecified atom stereocenters. The van der Waals surface area contributed by atoms with E-state index in [0.717, 1.165) is 12.1 Å². The molecular weight excluding hydrogens is 568 g/mol. The predicted molar refractivity (Wildman–Crippen MR) is 122 cm³/mol. The van der Waals surface area contributed by atoms with Gasteiger partial charge in [0, 0.05) is 16.8 Å². The second-order valence-electron chi connectivity index (χ2n) is 7.21. The maximum absolute atomic E-state index is 13.0. The minimum absolute atomic E-state index is 0.215. The molecule has 4 N–H and O–H groups in total. The number of aryl methyl sites for hydroxylation is 1. The van der Waals surface area contributed by atoms with Gasteiger partial charge >= 0.3 is 0 Å². The monoisotopic (exact) mass is 582 g/mol. The Morgan fingerprint density at radius 2 is 1.31 bits per heavy atom. The summed E-state index contributed by atoms with van der Waals surface area (Å²) in [5.41, 5.74) is -1.30. The van der Waals surface area contributed by atoms with Gasteiger partial charge in [0.2, 0.25) is 0 Å². The first-order valence-electron chi connectivity index (χ1n) is 9.04. The SMILES string of the molecule is Cc1ccc(S(=O)(=O)Nc2ccc(S(=O)(=O)O)c3cc(S(=O)(=O)O)cc(S(=O)(=O)O)c23)c([N+](=O)[O-])c1. The van der Waals surface area contributed by atoms with Gasteiger partial charge in [-0.1, -0.05) is 6.07 Å². The van der Waals surface area contributed by atoms with Gasteiger partial charge in [0.1, 0.15) is 9.79 Å². The lowest BCUT2D eigenvalue weighted by molar-refractivity contribution is -0.387. The fraction of sp³-hybridized carbons (Fsp3) is 0.0588. The molecule has 3 rings (SSSR count). The normalized spacial score (nSPS) is 13.0. The molecule has 0 atom stereocenters. The summed E-state index contributed by atoms with van der Waals surface area (Å²) in [5, 5.41) is 9.52. The van der Waals surface area contributed by atoms with Crippen molar-refractivity contribution in [3.63, 3.8) is 0 Å². The molecule has 0 heterocycles. The number of rotatable bonds is 7. The van der Waals surface area contributed by atoms with E-state index in [-0.39, 0.29) is 6.07 Å². The molecule has 0 bridgehead atoms. The van der Waals surface area contributed by atoms with E-state index in [4.69, 9.17) is 0 Å². The molecule has 0 aliphatic carbocycles. The van der Waals surface area contributed by atoms with E-state index in [9.17, 15) is 57.4 Å². The first kappa shape index (κ1) is 27.4. The van der Waals surface area contributed by atoms with Crippen LogP contribution in [0, 0.1) is 17.0 Å². The van der Waals surface area contributed by atoms with Crippen LogP contribution in [0.3, 0.4) is 0 Å². The molecule has 19 heteroatoms. The van der Waals surface area contributed by atoms with Crippen molar-refractivity contribution in [1.82, 2.24) is 0 Å². The van der Waals surface area contributed by atoms with Gasteiger partial charge in [-0.25, -0.2) is 8.42 Å². The van der Waals surface area contributed by atoms with Crippen LogP contribution in [0.15, 0.2) is 62.0 Å². The third-order valence-electron chi connectivity index (χ3n) is 4.71. The highest BCUT2D eigenvalue weighted by Crippen LogP contribution is 2.38. The summed E-state index contributed by atoms with van der Waals surface area (Å²) >= 11 is 0. The number of nitrogens with zero attached hydrogens (tertiary/aromatic N) is 1. The van der Waals surface area contributed by atoms with Crippen LogP contribution in [0.5, 0.6) is 0 Å². The molecule has 0 fully saturated rings. The van der Waals surface area contributed by atoms with E-state index < -0.39 is 87.0 Å². The quantitative estimate of drug-likeness (QED) is 0.176. The van der Waals surface area contributed by atoms with Gasteiger partial charge in [0.05, 0.1) is 15.5 Å². The zero-order valence-electron chi connectivity index (χ0n) is 17.5. The third-order valence-corrected chi connectivity index (χ3v) is 8.74. The lowest BCUT2D eigenvalue weighted by atomic mass is 10.1. The zero-order valence-corrected chi connectivity index (χ0v) is 20.8. The van der Waals surface area contributed by atoms with Crippen molar-refractivity contribution >= 4 is 62.5 Å². The number of benzene rings is 3. The standard InChI is InChI=1S/C17H14N2O13S4/c1-9-2-4-15(13(6-9)19(20)21)33(22,23)18-12-3-5-14(35(27,28)29)11-7-10(34(24,25)26)8-16(17(11)12)36(30,31)32/h2-8,18H,1H3,(H,24,25,26)(H,27,28,29)(H,30,31,32). The summed E-state index contributed by atoms with van der Waals surface area (Å²) < 4.78 is 128. The van der Waals surface area contributed by atoms with Crippen LogP contribution in [-0.2, 0) is 40.4 Å². The van der Waals surface area contributed by atoms with Gasteiger partial charge < -0.3 is 0 Å². The Labute approximate surface area is 203 Å². The third kappa shape index (κ3) is 5.31. The van der Waals surface area contributed by atoms with E-state index in [1.165, 1.54) is 13.0 Å². The molecule has 194 valence electrons. The number of anilines is 1. The van der Waals surface area contributed by atoms with Crippen molar-refractivity contribution in [2.24, 2.45) is 0 Å². The van der Waals surface area contributed by atoms with E-state index in [2.05, 4.69) is 0 Å². The topological polar surface area (TPSA) is 252 Å². The number of sulfonamides is 1. The lowest BCUT2D eigenvalue weighted by Gasteiger charge is -2.16. The van der Waals surface area contributed by atoms with Crippen molar-refractivity contribution in [3.8, 4) is 0 Å².